The Bertz CT molecular complexity index is 609. The minimum Gasteiger partial charge on any atom is -0.497 e. The van der Waals surface area contributed by atoms with Crippen LogP contribution in [-0.2, 0) is 14.8 Å². The highest BCUT2D eigenvalue weighted by atomic mass is 32.2. The molecule has 1 fully saturated rings. The van der Waals surface area contributed by atoms with Crippen molar-refractivity contribution in [2.75, 3.05) is 33.3 Å². The highest BCUT2D eigenvalue weighted by molar-refractivity contribution is 7.89. The van der Waals surface area contributed by atoms with E-state index in [-0.39, 0.29) is 10.8 Å². The molecule has 0 spiro atoms. The number of carbonyl (C=O) groups excluding carboxylic acids is 1. The predicted octanol–water partition coefficient (Wildman–Crippen LogP) is -0.206. The number of methoxy groups -OCH3 is 1. The van der Waals surface area contributed by atoms with E-state index in [2.05, 4.69) is 10.0 Å². The van der Waals surface area contributed by atoms with Gasteiger partial charge in [-0.1, -0.05) is 0 Å². The van der Waals surface area contributed by atoms with Gasteiger partial charge in [0.2, 0.25) is 15.9 Å². The van der Waals surface area contributed by atoms with E-state index < -0.39 is 16.1 Å². The van der Waals surface area contributed by atoms with Crippen LogP contribution in [0.1, 0.15) is 6.92 Å². The average Bonchev–Trinajstić information content (AvgIpc) is 2.54. The van der Waals surface area contributed by atoms with Crippen molar-refractivity contribution < 1.29 is 17.9 Å². The summed E-state index contributed by atoms with van der Waals surface area (Å²) in [5.74, 6) is 0.363. The van der Waals surface area contributed by atoms with Crippen molar-refractivity contribution in [2.45, 2.75) is 17.9 Å². The summed E-state index contributed by atoms with van der Waals surface area (Å²) < 4.78 is 32.0. The molecule has 1 amide bonds. The monoisotopic (exact) mass is 327 g/mol. The molecule has 2 N–H and O–H groups in total. The molecule has 2 rings (SSSR count). The van der Waals surface area contributed by atoms with Gasteiger partial charge in [-0.05, 0) is 31.2 Å². The molecular weight excluding hydrogens is 306 g/mol. The van der Waals surface area contributed by atoms with Crippen LogP contribution in [0.2, 0.25) is 0 Å². The van der Waals surface area contributed by atoms with Gasteiger partial charge in [0.05, 0.1) is 18.0 Å². The number of hydrogen-bond acceptors (Lipinski definition) is 5. The van der Waals surface area contributed by atoms with Gasteiger partial charge in [0.15, 0.2) is 0 Å². The minimum absolute atomic E-state index is 0.105. The average molecular weight is 327 g/mol. The molecule has 0 aromatic heterocycles. The lowest BCUT2D eigenvalue weighted by Gasteiger charge is -2.29. The standard InChI is InChI=1S/C14H21N3O4S/c1-11(14(18)17-9-7-15-8-10-17)16-22(19,20)13-5-3-12(21-2)4-6-13/h3-6,11,15-16H,7-10H2,1-2H3/t11-/m0/s1. The van der Waals surface area contributed by atoms with E-state index in [4.69, 9.17) is 4.74 Å². The molecule has 0 saturated carbocycles. The third-order valence-corrected chi connectivity index (χ3v) is 5.06. The van der Waals surface area contributed by atoms with Crippen LogP contribution in [0.25, 0.3) is 0 Å². The Balaban J connectivity index is 2.04. The zero-order valence-corrected chi connectivity index (χ0v) is 13.5. The summed E-state index contributed by atoms with van der Waals surface area (Å²) in [5.41, 5.74) is 0. The van der Waals surface area contributed by atoms with Crippen molar-refractivity contribution in [1.82, 2.24) is 14.9 Å². The second-order valence-corrected chi connectivity index (χ2v) is 6.81. The van der Waals surface area contributed by atoms with E-state index in [0.29, 0.717) is 18.8 Å². The minimum atomic E-state index is -3.74. The number of amides is 1. The fourth-order valence-electron chi connectivity index (χ4n) is 2.27. The van der Waals surface area contributed by atoms with Gasteiger partial charge in [-0.25, -0.2) is 8.42 Å². The van der Waals surface area contributed by atoms with Gasteiger partial charge in [0.1, 0.15) is 5.75 Å². The third-order valence-electron chi connectivity index (χ3n) is 3.50. The molecule has 1 aliphatic rings. The van der Waals surface area contributed by atoms with Crippen molar-refractivity contribution in [1.29, 1.82) is 0 Å². The molecule has 0 unspecified atom stereocenters. The van der Waals surface area contributed by atoms with Crippen LogP contribution in [0.3, 0.4) is 0 Å². The maximum absolute atomic E-state index is 12.3. The Kier molecular flexibility index (Phi) is 5.38. The first-order valence-corrected chi connectivity index (χ1v) is 8.58. The zero-order chi connectivity index (χ0) is 16.2. The lowest BCUT2D eigenvalue weighted by molar-refractivity contribution is -0.133. The van der Waals surface area contributed by atoms with E-state index in [1.165, 1.54) is 19.2 Å². The smallest absolute Gasteiger partial charge is 0.241 e. The van der Waals surface area contributed by atoms with Crippen molar-refractivity contribution in [3.05, 3.63) is 24.3 Å². The van der Waals surface area contributed by atoms with Crippen LogP contribution in [0.4, 0.5) is 0 Å². The fourth-order valence-corrected chi connectivity index (χ4v) is 3.46. The number of piperazine rings is 1. The number of benzene rings is 1. The van der Waals surface area contributed by atoms with Crippen LogP contribution < -0.4 is 14.8 Å². The highest BCUT2D eigenvalue weighted by Gasteiger charge is 2.26. The van der Waals surface area contributed by atoms with Gasteiger partial charge in [-0.3, -0.25) is 4.79 Å². The first-order valence-electron chi connectivity index (χ1n) is 7.10. The molecule has 0 radical (unpaired) electrons. The Morgan fingerprint density at radius 1 is 1.27 bits per heavy atom. The normalized spacial score (nSPS) is 17.1. The number of nitrogens with zero attached hydrogens (tertiary/aromatic N) is 1. The molecule has 1 saturated heterocycles. The maximum atomic E-state index is 12.3. The van der Waals surface area contributed by atoms with E-state index in [1.54, 1.807) is 24.0 Å². The highest BCUT2D eigenvalue weighted by Crippen LogP contribution is 2.15. The Morgan fingerprint density at radius 2 is 1.86 bits per heavy atom. The van der Waals surface area contributed by atoms with Crippen LogP contribution in [0.5, 0.6) is 5.75 Å². The zero-order valence-electron chi connectivity index (χ0n) is 12.7. The van der Waals surface area contributed by atoms with Gasteiger partial charge in [0, 0.05) is 26.2 Å². The van der Waals surface area contributed by atoms with Crippen LogP contribution in [0, 0.1) is 0 Å². The largest absolute Gasteiger partial charge is 0.497 e. The lowest BCUT2D eigenvalue weighted by atomic mass is 10.2. The van der Waals surface area contributed by atoms with Gasteiger partial charge in [-0.15, -0.1) is 0 Å². The van der Waals surface area contributed by atoms with Gasteiger partial charge >= 0.3 is 0 Å². The molecule has 122 valence electrons. The Labute approximate surface area is 130 Å². The lowest BCUT2D eigenvalue weighted by Crippen LogP contribution is -2.53. The fraction of sp³-hybridized carbons (Fsp3) is 0.500. The summed E-state index contributed by atoms with van der Waals surface area (Å²) >= 11 is 0. The molecule has 1 aliphatic heterocycles. The number of carbonyl (C=O) groups is 1. The molecule has 1 atom stereocenters. The molecule has 1 aromatic carbocycles. The van der Waals surface area contributed by atoms with E-state index >= 15 is 0 Å². The van der Waals surface area contributed by atoms with Crippen molar-refractivity contribution in [2.24, 2.45) is 0 Å². The summed E-state index contributed by atoms with van der Waals surface area (Å²) in [6.07, 6.45) is 0. The Hall–Kier alpha value is -1.64. The van der Waals surface area contributed by atoms with E-state index in [1.807, 2.05) is 0 Å². The molecule has 22 heavy (non-hydrogen) atoms. The van der Waals surface area contributed by atoms with Gasteiger partial charge in [-0.2, -0.15) is 4.72 Å². The first-order chi connectivity index (χ1) is 10.4. The van der Waals surface area contributed by atoms with Crippen LogP contribution in [-0.4, -0.2) is 58.6 Å². The van der Waals surface area contributed by atoms with E-state index in [0.717, 1.165) is 13.1 Å². The molecule has 7 nitrogen and oxygen atoms in total. The van der Waals surface area contributed by atoms with E-state index in [9.17, 15) is 13.2 Å². The molecular formula is C14H21N3O4S. The second-order valence-electron chi connectivity index (χ2n) is 5.09. The number of sulfonamides is 1. The quantitative estimate of drug-likeness (QED) is 0.782. The molecule has 1 aromatic rings. The summed E-state index contributed by atoms with van der Waals surface area (Å²) in [4.78, 5) is 14.0. The molecule has 8 heteroatoms. The summed E-state index contributed by atoms with van der Waals surface area (Å²) in [6.45, 7) is 4.19. The first kappa shape index (κ1) is 16.7. The summed E-state index contributed by atoms with van der Waals surface area (Å²) in [5, 5.41) is 3.15. The molecule has 0 aliphatic carbocycles. The van der Waals surface area contributed by atoms with Crippen molar-refractivity contribution in [3.63, 3.8) is 0 Å². The van der Waals surface area contributed by atoms with Crippen LogP contribution in [0.15, 0.2) is 29.2 Å². The Morgan fingerprint density at radius 3 is 2.41 bits per heavy atom. The second kappa shape index (κ2) is 7.08. The summed E-state index contributed by atoms with van der Waals surface area (Å²) in [7, 11) is -2.23. The third kappa shape index (κ3) is 3.96. The number of nitrogens with one attached hydrogen (secondary N) is 2. The summed E-state index contributed by atoms with van der Waals surface area (Å²) in [6, 6.07) is 5.23. The number of hydrogen-bond donors (Lipinski definition) is 2. The van der Waals surface area contributed by atoms with Gasteiger partial charge in [0.25, 0.3) is 0 Å². The number of rotatable bonds is 5. The SMILES string of the molecule is COc1ccc(S(=O)(=O)N[C@@H](C)C(=O)N2CCNCC2)cc1. The number of ether oxygens (including phenoxy) is 1. The molecule has 0 bridgehead atoms. The van der Waals surface area contributed by atoms with Crippen molar-refractivity contribution in [3.8, 4) is 5.75 Å². The predicted molar refractivity (Wildman–Crippen MR) is 82.2 cm³/mol. The van der Waals surface area contributed by atoms with Gasteiger partial charge < -0.3 is 15.0 Å². The molecule has 1 heterocycles. The van der Waals surface area contributed by atoms with Crippen LogP contribution >= 0.6 is 0 Å². The van der Waals surface area contributed by atoms with Crippen molar-refractivity contribution >= 4 is 15.9 Å². The topological polar surface area (TPSA) is 87.7 Å². The maximum Gasteiger partial charge on any atom is 0.241 e.